The molecule has 9 heteroatoms. The van der Waals surface area contributed by atoms with E-state index in [1.165, 1.54) is 0 Å². The smallest absolute Gasteiger partial charge is 0.406 e. The average Bonchev–Trinajstić information content (AvgIpc) is 2.84. The Hall–Kier alpha value is -1.51. The van der Waals surface area contributed by atoms with E-state index >= 15 is 0 Å². The van der Waals surface area contributed by atoms with E-state index in [0.717, 1.165) is 0 Å². The highest BCUT2D eigenvalue weighted by Crippen LogP contribution is 2.22. The number of carbonyl (C=O) groups is 2. The van der Waals surface area contributed by atoms with Gasteiger partial charge in [0, 0.05) is 12.1 Å². The lowest BCUT2D eigenvalue weighted by Crippen LogP contribution is -2.43. The molecular formula is C12H12BrF3N2O3. The van der Waals surface area contributed by atoms with Gasteiger partial charge in [-0.05, 0) is 35.3 Å². The minimum absolute atomic E-state index is 0.0314. The molecule has 1 atom stereocenters. The van der Waals surface area contributed by atoms with Crippen molar-refractivity contribution in [3.63, 3.8) is 0 Å². The van der Waals surface area contributed by atoms with Gasteiger partial charge in [-0.1, -0.05) is 0 Å². The van der Waals surface area contributed by atoms with E-state index in [1.54, 1.807) is 13.0 Å². The molecule has 2 amide bonds. The number of nitrogens with zero attached hydrogens (tertiary/aromatic N) is 1. The zero-order chi connectivity index (χ0) is 15.8. The van der Waals surface area contributed by atoms with E-state index < -0.39 is 30.6 Å². The van der Waals surface area contributed by atoms with Gasteiger partial charge in [-0.15, -0.1) is 0 Å². The van der Waals surface area contributed by atoms with Crippen LogP contribution in [-0.4, -0.2) is 42.0 Å². The number of aryl methyl sites for hydroxylation is 1. The normalized spacial score (nSPS) is 19.2. The van der Waals surface area contributed by atoms with Crippen molar-refractivity contribution in [1.29, 1.82) is 0 Å². The molecule has 1 aliphatic heterocycles. The minimum atomic E-state index is -4.45. The van der Waals surface area contributed by atoms with E-state index in [-0.39, 0.29) is 18.7 Å². The number of nitrogens with one attached hydrogen (secondary N) is 1. The van der Waals surface area contributed by atoms with Crippen LogP contribution in [0.4, 0.5) is 13.2 Å². The highest BCUT2D eigenvalue weighted by Gasteiger charge is 2.40. The lowest BCUT2D eigenvalue weighted by Gasteiger charge is -2.18. The second kappa shape index (κ2) is 5.70. The van der Waals surface area contributed by atoms with E-state index in [1.807, 2.05) is 0 Å². The fourth-order valence-corrected chi connectivity index (χ4v) is 2.64. The van der Waals surface area contributed by atoms with Gasteiger partial charge in [0.25, 0.3) is 5.91 Å². The number of hydrogen-bond acceptors (Lipinski definition) is 3. The first-order chi connectivity index (χ1) is 9.67. The molecule has 1 aliphatic rings. The van der Waals surface area contributed by atoms with Gasteiger partial charge in [0.05, 0.1) is 0 Å². The number of rotatable bonds is 3. The van der Waals surface area contributed by atoms with Gasteiger partial charge in [-0.3, -0.25) is 9.59 Å². The maximum atomic E-state index is 12.3. The van der Waals surface area contributed by atoms with Gasteiger partial charge in [0.2, 0.25) is 5.91 Å². The van der Waals surface area contributed by atoms with Gasteiger partial charge in [0.15, 0.2) is 10.4 Å². The van der Waals surface area contributed by atoms with Gasteiger partial charge in [0.1, 0.15) is 12.6 Å². The van der Waals surface area contributed by atoms with Crippen LogP contribution >= 0.6 is 15.9 Å². The Bertz CT molecular complexity index is 571. The van der Waals surface area contributed by atoms with Crippen LogP contribution in [0, 0.1) is 6.92 Å². The average molecular weight is 369 g/mol. The molecule has 0 saturated carbocycles. The molecule has 1 aromatic rings. The predicted molar refractivity (Wildman–Crippen MR) is 69.7 cm³/mol. The summed E-state index contributed by atoms with van der Waals surface area (Å²) in [7, 11) is 0. The Morgan fingerprint density at radius 2 is 2.24 bits per heavy atom. The van der Waals surface area contributed by atoms with Crippen molar-refractivity contribution in [3.8, 4) is 0 Å². The van der Waals surface area contributed by atoms with Gasteiger partial charge in [-0.25, -0.2) is 0 Å². The summed E-state index contributed by atoms with van der Waals surface area (Å²) >= 11 is 3.07. The summed E-state index contributed by atoms with van der Waals surface area (Å²) < 4.78 is 42.4. The fourth-order valence-electron chi connectivity index (χ4n) is 2.14. The van der Waals surface area contributed by atoms with Crippen LogP contribution in [-0.2, 0) is 4.79 Å². The van der Waals surface area contributed by atoms with Crippen LogP contribution in [0.3, 0.4) is 0 Å². The number of likely N-dealkylation sites (tertiary alicyclic amines) is 1. The summed E-state index contributed by atoms with van der Waals surface area (Å²) in [6, 6.07) is 0.629. The van der Waals surface area contributed by atoms with Crippen molar-refractivity contribution < 1.29 is 27.2 Å². The minimum Gasteiger partial charge on any atom is -0.444 e. The Morgan fingerprint density at radius 3 is 2.76 bits per heavy atom. The molecule has 2 rings (SSSR count). The molecule has 0 spiro atoms. The van der Waals surface area contributed by atoms with E-state index in [4.69, 9.17) is 4.42 Å². The quantitative estimate of drug-likeness (QED) is 0.889. The second-order valence-corrected chi connectivity index (χ2v) is 5.53. The summed E-state index contributed by atoms with van der Waals surface area (Å²) in [5.41, 5.74) is 0.567. The largest absolute Gasteiger partial charge is 0.444 e. The van der Waals surface area contributed by atoms with Crippen LogP contribution in [0.1, 0.15) is 22.5 Å². The molecule has 1 N–H and O–H groups in total. The SMILES string of the molecule is Cc1cc(Br)oc1C(=O)N[C@H]1CCN(CC(F)(F)F)C1=O. The Kier molecular flexibility index (Phi) is 4.31. The zero-order valence-electron chi connectivity index (χ0n) is 11.0. The molecule has 1 fully saturated rings. The molecule has 5 nitrogen and oxygen atoms in total. The standard InChI is InChI=1S/C12H12BrF3N2O3/c1-6-4-8(13)21-9(6)10(19)17-7-2-3-18(11(7)20)5-12(14,15)16/h4,7H,2-3,5H2,1H3,(H,17,19)/t7-/m0/s1. The highest BCUT2D eigenvalue weighted by atomic mass is 79.9. The van der Waals surface area contributed by atoms with Crippen molar-refractivity contribution in [1.82, 2.24) is 10.2 Å². The third-order valence-corrected chi connectivity index (χ3v) is 3.46. The van der Waals surface area contributed by atoms with Gasteiger partial charge in [-0.2, -0.15) is 13.2 Å². The third-order valence-electron chi connectivity index (χ3n) is 3.07. The monoisotopic (exact) mass is 368 g/mol. The second-order valence-electron chi connectivity index (χ2n) is 4.75. The number of carbonyl (C=O) groups excluding carboxylic acids is 2. The highest BCUT2D eigenvalue weighted by molar-refractivity contribution is 9.10. The first-order valence-corrected chi connectivity index (χ1v) is 6.89. The number of halogens is 4. The number of amides is 2. The van der Waals surface area contributed by atoms with Crippen LogP contribution < -0.4 is 5.32 Å². The lowest BCUT2D eigenvalue weighted by molar-refractivity contribution is -0.157. The Morgan fingerprint density at radius 1 is 1.57 bits per heavy atom. The third kappa shape index (κ3) is 3.78. The molecule has 0 aliphatic carbocycles. The fraction of sp³-hybridized carbons (Fsp3) is 0.500. The van der Waals surface area contributed by atoms with Crippen LogP contribution in [0.15, 0.2) is 15.2 Å². The van der Waals surface area contributed by atoms with Crippen molar-refractivity contribution in [2.75, 3.05) is 13.1 Å². The molecule has 0 bridgehead atoms. The summed E-state index contributed by atoms with van der Waals surface area (Å²) in [6.45, 7) is 0.309. The topological polar surface area (TPSA) is 62.6 Å². The van der Waals surface area contributed by atoms with E-state index in [0.29, 0.717) is 15.1 Å². The van der Waals surface area contributed by atoms with E-state index in [2.05, 4.69) is 21.2 Å². The van der Waals surface area contributed by atoms with Crippen molar-refractivity contribution in [3.05, 3.63) is 22.1 Å². The van der Waals surface area contributed by atoms with Gasteiger partial charge >= 0.3 is 6.18 Å². The summed E-state index contributed by atoms with van der Waals surface area (Å²) in [5.74, 6) is -1.32. The lowest BCUT2D eigenvalue weighted by atomic mass is 10.2. The van der Waals surface area contributed by atoms with Crippen LogP contribution in [0.5, 0.6) is 0 Å². The number of hydrogen-bond donors (Lipinski definition) is 1. The van der Waals surface area contributed by atoms with Crippen molar-refractivity contribution in [2.24, 2.45) is 0 Å². The van der Waals surface area contributed by atoms with Crippen LogP contribution in [0.25, 0.3) is 0 Å². The molecule has 116 valence electrons. The summed E-state index contributed by atoms with van der Waals surface area (Å²) in [5, 5.41) is 2.40. The number of alkyl halides is 3. The van der Waals surface area contributed by atoms with Crippen LogP contribution in [0.2, 0.25) is 0 Å². The first kappa shape index (κ1) is 15.9. The molecule has 21 heavy (non-hydrogen) atoms. The Labute approximate surface area is 126 Å². The molecule has 1 saturated heterocycles. The first-order valence-electron chi connectivity index (χ1n) is 6.09. The zero-order valence-corrected chi connectivity index (χ0v) is 12.5. The molecule has 0 unspecified atom stereocenters. The molecule has 0 radical (unpaired) electrons. The maximum absolute atomic E-state index is 12.3. The van der Waals surface area contributed by atoms with Crippen molar-refractivity contribution >= 4 is 27.7 Å². The van der Waals surface area contributed by atoms with E-state index in [9.17, 15) is 22.8 Å². The summed E-state index contributed by atoms with van der Waals surface area (Å²) in [4.78, 5) is 24.5. The molecule has 0 aromatic carbocycles. The van der Waals surface area contributed by atoms with Crippen molar-refractivity contribution in [2.45, 2.75) is 25.6 Å². The Balaban J connectivity index is 2.00. The van der Waals surface area contributed by atoms with Gasteiger partial charge < -0.3 is 14.6 Å². The molecule has 1 aromatic heterocycles. The molecule has 2 heterocycles. The summed E-state index contributed by atoms with van der Waals surface area (Å²) in [6.07, 6.45) is -4.31. The molecular weight excluding hydrogens is 357 g/mol. The number of furan rings is 1. The maximum Gasteiger partial charge on any atom is 0.406 e. The predicted octanol–water partition coefficient (Wildman–Crippen LogP) is 2.24.